The van der Waals surface area contributed by atoms with Crippen LogP contribution in [0.5, 0.6) is 5.75 Å². The SMILES string of the molecule is CCCCCCCCCCOc1ccc(-c2ccccc2-c2ccc(C(C)OC(=O)CCCCCCCC)cc2)cc1. The number of esters is 1. The minimum atomic E-state index is -0.250. The summed E-state index contributed by atoms with van der Waals surface area (Å²) >= 11 is 0. The van der Waals surface area contributed by atoms with Gasteiger partial charge in [0.1, 0.15) is 11.9 Å². The molecule has 0 bridgehead atoms. The Hall–Kier alpha value is -3.07. The molecule has 0 amide bonds. The molecule has 0 aliphatic carbocycles. The monoisotopic (exact) mass is 570 g/mol. The Bertz CT molecular complexity index is 1130. The van der Waals surface area contributed by atoms with Crippen LogP contribution in [0.4, 0.5) is 0 Å². The zero-order chi connectivity index (χ0) is 29.8. The zero-order valence-electron chi connectivity index (χ0n) is 26.5. The van der Waals surface area contributed by atoms with Crippen molar-refractivity contribution < 1.29 is 14.3 Å². The maximum absolute atomic E-state index is 12.3. The number of unbranched alkanes of at least 4 members (excludes halogenated alkanes) is 12. The van der Waals surface area contributed by atoms with Crippen molar-refractivity contribution in [2.24, 2.45) is 0 Å². The predicted molar refractivity (Wildman–Crippen MR) is 178 cm³/mol. The van der Waals surface area contributed by atoms with E-state index in [1.807, 2.05) is 6.92 Å². The maximum atomic E-state index is 12.3. The molecule has 0 N–H and O–H groups in total. The van der Waals surface area contributed by atoms with Gasteiger partial charge in [0.25, 0.3) is 0 Å². The normalized spacial score (nSPS) is 11.8. The highest BCUT2D eigenvalue weighted by Crippen LogP contribution is 2.34. The highest BCUT2D eigenvalue weighted by Gasteiger charge is 2.13. The summed E-state index contributed by atoms with van der Waals surface area (Å²) in [6.07, 6.45) is 17.7. The number of carbonyl (C=O) groups excluding carboxylic acids is 1. The van der Waals surface area contributed by atoms with Crippen LogP contribution in [0.25, 0.3) is 22.3 Å². The van der Waals surface area contributed by atoms with Crippen molar-refractivity contribution in [3.05, 3.63) is 78.4 Å². The van der Waals surface area contributed by atoms with Crippen LogP contribution in [0, 0.1) is 0 Å². The van der Waals surface area contributed by atoms with Gasteiger partial charge in [0, 0.05) is 6.42 Å². The van der Waals surface area contributed by atoms with E-state index < -0.39 is 0 Å². The Morgan fingerprint density at radius 3 is 1.62 bits per heavy atom. The smallest absolute Gasteiger partial charge is 0.306 e. The summed E-state index contributed by atoms with van der Waals surface area (Å²) < 4.78 is 11.8. The lowest BCUT2D eigenvalue weighted by Crippen LogP contribution is -2.08. The quantitative estimate of drug-likeness (QED) is 0.0943. The van der Waals surface area contributed by atoms with Crippen molar-refractivity contribution in [2.45, 2.75) is 123 Å². The lowest BCUT2D eigenvalue weighted by molar-refractivity contribution is -0.148. The Morgan fingerprint density at radius 2 is 1.07 bits per heavy atom. The van der Waals surface area contributed by atoms with Crippen LogP contribution < -0.4 is 4.74 Å². The standard InChI is InChI=1S/C39H54O3/c1-4-6-8-10-12-13-15-19-31-41-36-29-27-35(28-30-36)38-21-18-17-20-37(38)34-25-23-33(24-26-34)32(3)42-39(40)22-16-14-11-9-7-5-2/h17-18,20-21,23-30,32H,4-16,19,22,31H2,1-3H3. The van der Waals surface area contributed by atoms with E-state index in [0.717, 1.165) is 42.7 Å². The fourth-order valence-corrected chi connectivity index (χ4v) is 5.45. The highest BCUT2D eigenvalue weighted by atomic mass is 16.5. The van der Waals surface area contributed by atoms with E-state index in [-0.39, 0.29) is 12.1 Å². The van der Waals surface area contributed by atoms with Gasteiger partial charge in [-0.3, -0.25) is 4.79 Å². The van der Waals surface area contributed by atoms with Crippen molar-refractivity contribution in [1.29, 1.82) is 0 Å². The van der Waals surface area contributed by atoms with Crippen LogP contribution in [-0.2, 0) is 9.53 Å². The van der Waals surface area contributed by atoms with Crippen LogP contribution in [0.1, 0.15) is 129 Å². The van der Waals surface area contributed by atoms with Gasteiger partial charge < -0.3 is 9.47 Å². The summed E-state index contributed by atoms with van der Waals surface area (Å²) in [6, 6.07) is 25.4. The summed E-state index contributed by atoms with van der Waals surface area (Å²) in [6.45, 7) is 7.23. The van der Waals surface area contributed by atoms with Crippen molar-refractivity contribution in [3.8, 4) is 28.0 Å². The van der Waals surface area contributed by atoms with E-state index in [4.69, 9.17) is 9.47 Å². The number of ether oxygens (including phenoxy) is 2. The largest absolute Gasteiger partial charge is 0.494 e. The molecule has 3 aromatic rings. The maximum Gasteiger partial charge on any atom is 0.306 e. The van der Waals surface area contributed by atoms with Crippen LogP contribution in [0.15, 0.2) is 72.8 Å². The highest BCUT2D eigenvalue weighted by molar-refractivity contribution is 5.83. The molecule has 42 heavy (non-hydrogen) atoms. The Kier molecular flexibility index (Phi) is 15.9. The minimum absolute atomic E-state index is 0.0994. The number of hydrogen-bond donors (Lipinski definition) is 0. The zero-order valence-corrected chi connectivity index (χ0v) is 26.5. The minimum Gasteiger partial charge on any atom is -0.494 e. The van der Waals surface area contributed by atoms with E-state index in [1.54, 1.807) is 0 Å². The van der Waals surface area contributed by atoms with E-state index in [1.165, 1.54) is 87.3 Å². The average molecular weight is 571 g/mol. The third-order valence-electron chi connectivity index (χ3n) is 8.09. The Balaban J connectivity index is 1.49. The molecule has 0 aromatic heterocycles. The first-order valence-corrected chi connectivity index (χ1v) is 16.7. The summed E-state index contributed by atoms with van der Waals surface area (Å²) in [7, 11) is 0. The van der Waals surface area contributed by atoms with E-state index in [9.17, 15) is 4.79 Å². The molecule has 228 valence electrons. The Morgan fingerprint density at radius 1 is 0.595 bits per heavy atom. The predicted octanol–water partition coefficient (Wildman–Crippen LogP) is 11.9. The van der Waals surface area contributed by atoms with Gasteiger partial charge in [-0.1, -0.05) is 152 Å². The number of carbonyl (C=O) groups is 1. The van der Waals surface area contributed by atoms with Crippen LogP contribution in [0.3, 0.4) is 0 Å². The molecule has 3 aromatic carbocycles. The molecular weight excluding hydrogens is 516 g/mol. The lowest BCUT2D eigenvalue weighted by atomic mass is 9.93. The molecular formula is C39H54O3. The third-order valence-corrected chi connectivity index (χ3v) is 8.09. The topological polar surface area (TPSA) is 35.5 Å². The number of benzene rings is 3. The van der Waals surface area contributed by atoms with Crippen molar-refractivity contribution in [1.82, 2.24) is 0 Å². The van der Waals surface area contributed by atoms with Gasteiger partial charge in [0.2, 0.25) is 0 Å². The van der Waals surface area contributed by atoms with Gasteiger partial charge in [0.05, 0.1) is 6.61 Å². The van der Waals surface area contributed by atoms with Gasteiger partial charge in [0.15, 0.2) is 0 Å². The van der Waals surface area contributed by atoms with Gasteiger partial charge in [-0.25, -0.2) is 0 Å². The van der Waals surface area contributed by atoms with Crippen molar-refractivity contribution >= 4 is 5.97 Å². The second-order valence-corrected chi connectivity index (χ2v) is 11.7. The molecule has 0 saturated heterocycles. The second kappa shape index (κ2) is 19.9. The summed E-state index contributed by atoms with van der Waals surface area (Å²) in [5, 5.41) is 0. The van der Waals surface area contributed by atoms with Crippen LogP contribution >= 0.6 is 0 Å². The average Bonchev–Trinajstić information content (AvgIpc) is 3.02. The number of rotatable bonds is 21. The fourth-order valence-electron chi connectivity index (χ4n) is 5.45. The molecule has 3 rings (SSSR count). The van der Waals surface area contributed by atoms with Crippen LogP contribution in [-0.4, -0.2) is 12.6 Å². The molecule has 0 heterocycles. The molecule has 0 spiro atoms. The van der Waals surface area contributed by atoms with E-state index in [0.29, 0.717) is 6.42 Å². The lowest BCUT2D eigenvalue weighted by Gasteiger charge is -2.15. The van der Waals surface area contributed by atoms with Crippen molar-refractivity contribution in [2.75, 3.05) is 6.61 Å². The molecule has 0 saturated carbocycles. The van der Waals surface area contributed by atoms with Gasteiger partial charge in [-0.15, -0.1) is 0 Å². The summed E-state index contributed by atoms with van der Waals surface area (Å²) in [5.74, 6) is 0.834. The molecule has 1 atom stereocenters. The summed E-state index contributed by atoms with van der Waals surface area (Å²) in [5.41, 5.74) is 5.72. The molecule has 0 fully saturated rings. The summed E-state index contributed by atoms with van der Waals surface area (Å²) in [4.78, 5) is 12.3. The first kappa shape index (κ1) is 33.4. The van der Waals surface area contributed by atoms with Gasteiger partial charge in [-0.2, -0.15) is 0 Å². The Labute approximate surface area is 256 Å². The fraction of sp³-hybridized carbons (Fsp3) is 0.513. The molecule has 0 radical (unpaired) electrons. The molecule has 0 aliphatic rings. The van der Waals surface area contributed by atoms with Crippen LogP contribution in [0.2, 0.25) is 0 Å². The second-order valence-electron chi connectivity index (χ2n) is 11.7. The number of hydrogen-bond acceptors (Lipinski definition) is 3. The van der Waals surface area contributed by atoms with E-state index in [2.05, 4.69) is 86.6 Å². The first-order valence-electron chi connectivity index (χ1n) is 16.7. The third kappa shape index (κ3) is 12.0. The molecule has 3 heteroatoms. The molecule has 0 aliphatic heterocycles. The van der Waals surface area contributed by atoms with Gasteiger partial charge >= 0.3 is 5.97 Å². The van der Waals surface area contributed by atoms with Crippen molar-refractivity contribution in [3.63, 3.8) is 0 Å². The molecule has 1 unspecified atom stereocenters. The van der Waals surface area contributed by atoms with E-state index >= 15 is 0 Å². The molecule has 3 nitrogen and oxygen atoms in total. The van der Waals surface area contributed by atoms with Gasteiger partial charge in [-0.05, 0) is 59.7 Å². The first-order chi connectivity index (χ1) is 20.6.